The number of nitrogens with one attached hydrogen (secondary N) is 1. The molecule has 34 heavy (non-hydrogen) atoms. The quantitative estimate of drug-likeness (QED) is 0.280. The van der Waals surface area contributed by atoms with Gasteiger partial charge in [-0.1, -0.05) is 68.5 Å². The van der Waals surface area contributed by atoms with E-state index >= 15 is 0 Å². The molecule has 0 atom stereocenters. The first-order valence-electron chi connectivity index (χ1n) is 11.3. The third-order valence-electron chi connectivity index (χ3n) is 5.46. The second-order valence-electron chi connectivity index (χ2n) is 7.91. The number of aromatic nitrogens is 2. The van der Waals surface area contributed by atoms with Crippen LogP contribution in [-0.4, -0.2) is 21.0 Å². The Bertz CT molecular complexity index is 1300. The molecule has 2 aromatic carbocycles. The lowest BCUT2D eigenvalue weighted by atomic mass is 10.1. The predicted octanol–water partition coefficient (Wildman–Crippen LogP) is 6.87. The zero-order valence-corrected chi connectivity index (χ0v) is 20.1. The summed E-state index contributed by atoms with van der Waals surface area (Å²) < 4.78 is 0. The highest BCUT2D eigenvalue weighted by atomic mass is 32.1. The van der Waals surface area contributed by atoms with Crippen LogP contribution in [0.2, 0.25) is 0 Å². The molecule has 5 nitrogen and oxygen atoms in total. The second kappa shape index (κ2) is 10.9. The van der Waals surface area contributed by atoms with Gasteiger partial charge in [-0.05, 0) is 53.1 Å². The fourth-order valence-electron chi connectivity index (χ4n) is 3.74. The van der Waals surface area contributed by atoms with Crippen LogP contribution >= 0.6 is 11.3 Å². The van der Waals surface area contributed by atoms with Gasteiger partial charge in [-0.15, -0.1) is 11.3 Å². The minimum Gasteiger partial charge on any atom is -0.481 e. The number of carboxylic acids is 1. The lowest BCUT2D eigenvalue weighted by Crippen LogP contribution is -2.07. The van der Waals surface area contributed by atoms with Gasteiger partial charge in [0, 0.05) is 16.9 Å². The second-order valence-corrected chi connectivity index (χ2v) is 8.82. The first-order valence-corrected chi connectivity index (χ1v) is 12.2. The summed E-state index contributed by atoms with van der Waals surface area (Å²) >= 11 is 1.63. The summed E-state index contributed by atoms with van der Waals surface area (Å²) in [5.41, 5.74) is 6.05. The van der Waals surface area contributed by atoms with E-state index in [0.29, 0.717) is 5.82 Å². The monoisotopic (exact) mass is 469 g/mol. The van der Waals surface area contributed by atoms with Crippen LogP contribution in [0, 0.1) is 0 Å². The summed E-state index contributed by atoms with van der Waals surface area (Å²) in [5, 5.41) is 14.5. The number of aliphatic carboxylic acids is 1. The van der Waals surface area contributed by atoms with E-state index in [1.54, 1.807) is 11.3 Å². The lowest BCUT2D eigenvalue weighted by Gasteiger charge is -2.15. The molecule has 4 rings (SSSR count). The Labute approximate surface area is 203 Å². The summed E-state index contributed by atoms with van der Waals surface area (Å²) in [5.74, 6) is 0.671. The van der Waals surface area contributed by atoms with Gasteiger partial charge in [-0.2, -0.15) is 0 Å². The molecular weight excluding hydrogens is 442 g/mol. The molecule has 4 aromatic rings. The number of hydrogen-bond acceptors (Lipinski definition) is 5. The fourth-order valence-corrected chi connectivity index (χ4v) is 4.55. The van der Waals surface area contributed by atoms with E-state index in [9.17, 15) is 4.79 Å². The molecule has 0 aliphatic rings. The van der Waals surface area contributed by atoms with Crippen LogP contribution in [-0.2, 0) is 24.1 Å². The van der Waals surface area contributed by atoms with Gasteiger partial charge in [0.2, 0.25) is 0 Å². The molecule has 0 saturated heterocycles. The molecule has 0 aliphatic carbocycles. The summed E-state index contributed by atoms with van der Waals surface area (Å²) in [4.78, 5) is 21.7. The third kappa shape index (κ3) is 5.77. The van der Waals surface area contributed by atoms with Crippen LogP contribution in [0.25, 0.3) is 22.9 Å². The molecule has 0 aliphatic heterocycles. The average molecular weight is 470 g/mol. The minimum atomic E-state index is -0.837. The van der Waals surface area contributed by atoms with E-state index in [0.717, 1.165) is 57.2 Å². The van der Waals surface area contributed by atoms with Gasteiger partial charge in [-0.3, -0.25) is 4.79 Å². The number of anilines is 2. The number of thiophene rings is 1. The highest BCUT2D eigenvalue weighted by Crippen LogP contribution is 2.30. The van der Waals surface area contributed by atoms with Gasteiger partial charge in [0.05, 0.1) is 11.3 Å². The first-order chi connectivity index (χ1) is 16.6. The molecule has 0 fully saturated rings. The minimum absolute atomic E-state index is 0.0115. The van der Waals surface area contributed by atoms with Gasteiger partial charge in [0.25, 0.3) is 0 Å². The van der Waals surface area contributed by atoms with E-state index in [2.05, 4.69) is 54.9 Å². The van der Waals surface area contributed by atoms with Crippen LogP contribution in [0.4, 0.5) is 11.5 Å². The number of carbonyl (C=O) groups is 1. The highest BCUT2D eigenvalue weighted by Gasteiger charge is 2.15. The van der Waals surface area contributed by atoms with Crippen LogP contribution in [0.3, 0.4) is 0 Å². The average Bonchev–Trinajstić information content (AvgIpc) is 3.33. The number of hydrogen-bond donors (Lipinski definition) is 2. The molecular formula is C28H27N3O2S. The zero-order chi connectivity index (χ0) is 23.9. The lowest BCUT2D eigenvalue weighted by molar-refractivity contribution is -0.136. The van der Waals surface area contributed by atoms with Crippen molar-refractivity contribution in [2.75, 3.05) is 5.32 Å². The maximum atomic E-state index is 11.0. The van der Waals surface area contributed by atoms with Crippen molar-refractivity contribution in [2.45, 2.75) is 33.1 Å². The Morgan fingerprint density at radius 1 is 0.971 bits per heavy atom. The molecule has 0 unspecified atom stereocenters. The largest absolute Gasteiger partial charge is 0.481 e. The summed E-state index contributed by atoms with van der Waals surface area (Å²) in [7, 11) is 0. The van der Waals surface area contributed by atoms with Crippen LogP contribution in [0.5, 0.6) is 0 Å². The SMILES string of the molecule is CCc1nc(-c2cc(C=Cc3ccccc3)cs2)nc(Nc2ccc(CC(=O)O)cc2)c1CC. The smallest absolute Gasteiger partial charge is 0.307 e. The summed E-state index contributed by atoms with van der Waals surface area (Å²) in [6.45, 7) is 4.22. The van der Waals surface area contributed by atoms with Crippen molar-refractivity contribution in [3.8, 4) is 10.7 Å². The molecule has 172 valence electrons. The van der Waals surface area contributed by atoms with Crippen LogP contribution in [0.1, 0.15) is 41.8 Å². The Morgan fingerprint density at radius 2 is 1.71 bits per heavy atom. The Balaban J connectivity index is 1.62. The Hall–Kier alpha value is -3.77. The van der Waals surface area contributed by atoms with Gasteiger partial charge >= 0.3 is 5.97 Å². The zero-order valence-electron chi connectivity index (χ0n) is 19.3. The predicted molar refractivity (Wildman–Crippen MR) is 141 cm³/mol. The van der Waals surface area contributed by atoms with Gasteiger partial charge in [0.1, 0.15) is 5.82 Å². The molecule has 2 aromatic heterocycles. The highest BCUT2D eigenvalue weighted by molar-refractivity contribution is 7.13. The third-order valence-corrected chi connectivity index (χ3v) is 6.41. The topological polar surface area (TPSA) is 75.1 Å². The molecule has 0 saturated carbocycles. The van der Waals surface area contributed by atoms with Crippen molar-refractivity contribution in [3.05, 3.63) is 94.0 Å². The summed E-state index contributed by atoms with van der Waals surface area (Å²) in [6.07, 6.45) is 5.85. The van der Waals surface area contributed by atoms with Crippen molar-refractivity contribution in [2.24, 2.45) is 0 Å². The number of rotatable bonds is 9. The van der Waals surface area contributed by atoms with Crippen molar-refractivity contribution in [3.63, 3.8) is 0 Å². The Kier molecular flexibility index (Phi) is 7.50. The molecule has 6 heteroatoms. The molecule has 0 bridgehead atoms. The van der Waals surface area contributed by atoms with E-state index in [1.165, 1.54) is 0 Å². The van der Waals surface area contributed by atoms with Gasteiger partial charge in [-0.25, -0.2) is 9.97 Å². The van der Waals surface area contributed by atoms with Gasteiger partial charge in [0.15, 0.2) is 5.82 Å². The molecule has 0 spiro atoms. The van der Waals surface area contributed by atoms with Crippen molar-refractivity contribution < 1.29 is 9.90 Å². The number of nitrogens with zero attached hydrogens (tertiary/aromatic N) is 2. The van der Waals surface area contributed by atoms with Crippen molar-refractivity contribution >= 4 is 41.0 Å². The maximum Gasteiger partial charge on any atom is 0.307 e. The number of carboxylic acid groups (broad SMARTS) is 1. The molecule has 0 amide bonds. The van der Waals surface area contributed by atoms with E-state index < -0.39 is 5.97 Å². The fraction of sp³-hybridized carbons (Fsp3) is 0.179. The van der Waals surface area contributed by atoms with Gasteiger partial charge < -0.3 is 10.4 Å². The van der Waals surface area contributed by atoms with Crippen LogP contribution in [0.15, 0.2) is 66.0 Å². The van der Waals surface area contributed by atoms with Crippen LogP contribution < -0.4 is 5.32 Å². The molecule has 2 heterocycles. The van der Waals surface area contributed by atoms with E-state index in [1.807, 2.05) is 42.5 Å². The standard InChI is InChI=1S/C28H27N3O2S/c1-3-23-24(4-2)30-28(25-16-21(18-34-25)11-10-19-8-6-5-7-9-19)31-27(23)29-22-14-12-20(13-15-22)17-26(32)33/h5-16,18H,3-4,17H2,1-2H3,(H,32,33)(H,29,30,31). The van der Waals surface area contributed by atoms with Crippen molar-refractivity contribution in [1.29, 1.82) is 0 Å². The van der Waals surface area contributed by atoms with Crippen molar-refractivity contribution in [1.82, 2.24) is 9.97 Å². The van der Waals surface area contributed by atoms with E-state index in [4.69, 9.17) is 15.1 Å². The first kappa shape index (κ1) is 23.4. The summed E-state index contributed by atoms with van der Waals surface area (Å²) in [6, 6.07) is 19.8. The molecule has 2 N–H and O–H groups in total. The number of benzene rings is 2. The molecule has 0 radical (unpaired) electrons. The van der Waals surface area contributed by atoms with E-state index in [-0.39, 0.29) is 6.42 Å². The number of aryl methyl sites for hydroxylation is 1. The normalized spacial score (nSPS) is 11.1. The maximum absolute atomic E-state index is 11.0. The Morgan fingerprint density at radius 3 is 2.38 bits per heavy atom.